The van der Waals surface area contributed by atoms with E-state index in [4.69, 9.17) is 4.52 Å². The highest BCUT2D eigenvalue weighted by atomic mass is 32.2. The molecule has 1 fully saturated rings. The molecule has 26 heavy (non-hydrogen) atoms. The zero-order valence-electron chi connectivity index (χ0n) is 14.0. The molecule has 2 aromatic heterocycles. The molecule has 0 unspecified atom stereocenters. The van der Waals surface area contributed by atoms with Crippen LogP contribution in [0, 0.1) is 12.7 Å². The van der Waals surface area contributed by atoms with Crippen LogP contribution in [0.4, 0.5) is 4.39 Å². The monoisotopic (exact) mass is 393 g/mol. The molecule has 0 saturated carbocycles. The number of halogens is 1. The lowest BCUT2D eigenvalue weighted by Crippen LogP contribution is -2.27. The molecule has 3 aromatic rings. The zero-order chi connectivity index (χ0) is 18.3. The molecule has 0 bridgehead atoms. The molecule has 9 heteroatoms. The van der Waals surface area contributed by atoms with E-state index in [0.29, 0.717) is 28.4 Å². The van der Waals surface area contributed by atoms with Crippen LogP contribution in [0.1, 0.15) is 17.7 Å². The highest BCUT2D eigenvalue weighted by Gasteiger charge is 2.30. The van der Waals surface area contributed by atoms with Crippen LogP contribution in [0.5, 0.6) is 0 Å². The number of hydrogen-bond acceptors (Lipinski definition) is 6. The van der Waals surface area contributed by atoms with Gasteiger partial charge < -0.3 is 4.52 Å². The Labute approximate surface area is 154 Å². The molecule has 0 spiro atoms. The van der Waals surface area contributed by atoms with Gasteiger partial charge in [-0.25, -0.2) is 12.8 Å². The van der Waals surface area contributed by atoms with Crippen LogP contribution in [0.3, 0.4) is 0 Å². The molecule has 1 aliphatic rings. The summed E-state index contributed by atoms with van der Waals surface area (Å²) in [5.41, 5.74) is 0.498. The Morgan fingerprint density at radius 3 is 2.73 bits per heavy atom. The summed E-state index contributed by atoms with van der Waals surface area (Å²) in [6.07, 6.45) is 1.77. The Kier molecular flexibility index (Phi) is 4.37. The average Bonchev–Trinajstić information content (AvgIpc) is 3.35. The normalized spacial score (nSPS) is 15.6. The molecule has 4 rings (SSSR count). The van der Waals surface area contributed by atoms with Crippen LogP contribution < -0.4 is 0 Å². The van der Waals surface area contributed by atoms with Crippen molar-refractivity contribution in [3.63, 3.8) is 0 Å². The number of benzene rings is 1. The van der Waals surface area contributed by atoms with Gasteiger partial charge in [0.1, 0.15) is 5.82 Å². The quantitative estimate of drug-likeness (QED) is 0.676. The van der Waals surface area contributed by atoms with E-state index >= 15 is 0 Å². The van der Waals surface area contributed by atoms with E-state index in [9.17, 15) is 12.8 Å². The zero-order valence-corrected chi connectivity index (χ0v) is 15.6. The van der Waals surface area contributed by atoms with Gasteiger partial charge in [-0.15, -0.1) is 11.3 Å². The molecule has 1 aromatic carbocycles. The van der Waals surface area contributed by atoms with Crippen LogP contribution in [0.25, 0.3) is 22.2 Å². The van der Waals surface area contributed by atoms with Gasteiger partial charge in [-0.2, -0.15) is 9.29 Å². The lowest BCUT2D eigenvalue weighted by Gasteiger charge is -2.14. The average molecular weight is 393 g/mol. The lowest BCUT2D eigenvalue weighted by molar-refractivity contribution is 0.433. The lowest BCUT2D eigenvalue weighted by atomic mass is 10.2. The van der Waals surface area contributed by atoms with Gasteiger partial charge >= 0.3 is 0 Å². The van der Waals surface area contributed by atoms with Crippen molar-refractivity contribution in [3.05, 3.63) is 41.0 Å². The van der Waals surface area contributed by atoms with Gasteiger partial charge in [0.05, 0.1) is 9.77 Å². The topological polar surface area (TPSA) is 76.3 Å². The van der Waals surface area contributed by atoms with Crippen molar-refractivity contribution >= 4 is 21.4 Å². The van der Waals surface area contributed by atoms with E-state index in [0.717, 1.165) is 12.8 Å². The standard InChI is InChI=1S/C17H16FN3O3S2/c1-11-15(26(22,23)21-7-2-3-8-21)10-14(25-11)17-19-16(20-24-17)12-5-4-6-13(18)9-12/h4-6,9-10H,2-3,7-8H2,1H3. The Balaban J connectivity index is 1.68. The smallest absolute Gasteiger partial charge is 0.268 e. The molecule has 3 heterocycles. The number of nitrogens with zero attached hydrogens (tertiary/aromatic N) is 3. The van der Waals surface area contributed by atoms with Crippen molar-refractivity contribution in [2.24, 2.45) is 0 Å². The summed E-state index contributed by atoms with van der Waals surface area (Å²) < 4.78 is 45.7. The minimum absolute atomic E-state index is 0.222. The summed E-state index contributed by atoms with van der Waals surface area (Å²) in [5, 5.41) is 3.88. The van der Waals surface area contributed by atoms with Gasteiger partial charge in [0.2, 0.25) is 15.8 Å². The summed E-state index contributed by atoms with van der Waals surface area (Å²) in [7, 11) is -3.50. The Hall–Kier alpha value is -2.10. The number of sulfonamides is 1. The second-order valence-electron chi connectivity index (χ2n) is 6.08. The second-order valence-corrected chi connectivity index (χ2v) is 9.24. The van der Waals surface area contributed by atoms with Crippen LogP contribution in [0.2, 0.25) is 0 Å². The third kappa shape index (κ3) is 3.06. The number of rotatable bonds is 4. The fourth-order valence-corrected chi connectivity index (χ4v) is 5.96. The van der Waals surface area contributed by atoms with E-state index in [1.165, 1.54) is 27.8 Å². The Morgan fingerprint density at radius 2 is 2.00 bits per heavy atom. The van der Waals surface area contributed by atoms with Crippen molar-refractivity contribution in [1.82, 2.24) is 14.4 Å². The first-order chi connectivity index (χ1) is 12.4. The molecule has 136 valence electrons. The third-order valence-electron chi connectivity index (χ3n) is 4.27. The highest BCUT2D eigenvalue weighted by molar-refractivity contribution is 7.89. The minimum Gasteiger partial charge on any atom is -0.333 e. The van der Waals surface area contributed by atoms with Crippen molar-refractivity contribution in [2.45, 2.75) is 24.7 Å². The predicted octanol–water partition coefficient (Wildman–Crippen LogP) is 3.70. The van der Waals surface area contributed by atoms with E-state index < -0.39 is 10.0 Å². The molecule has 0 radical (unpaired) electrons. The minimum atomic E-state index is -3.50. The summed E-state index contributed by atoms with van der Waals surface area (Å²) in [6, 6.07) is 7.48. The van der Waals surface area contributed by atoms with Gasteiger partial charge in [-0.3, -0.25) is 0 Å². The maximum absolute atomic E-state index is 13.4. The second kappa shape index (κ2) is 6.57. The van der Waals surface area contributed by atoms with E-state index in [1.54, 1.807) is 25.1 Å². The maximum Gasteiger partial charge on any atom is 0.268 e. The van der Waals surface area contributed by atoms with Gasteiger partial charge in [-0.1, -0.05) is 17.3 Å². The molecule has 6 nitrogen and oxygen atoms in total. The molecule has 0 aliphatic carbocycles. The molecule has 0 atom stereocenters. The highest BCUT2D eigenvalue weighted by Crippen LogP contribution is 2.35. The van der Waals surface area contributed by atoms with Crippen LogP contribution >= 0.6 is 11.3 Å². The van der Waals surface area contributed by atoms with Gasteiger partial charge in [-0.05, 0) is 38.0 Å². The van der Waals surface area contributed by atoms with Crippen LogP contribution in [0.15, 0.2) is 39.8 Å². The Bertz CT molecular complexity index is 1050. The Morgan fingerprint density at radius 1 is 1.23 bits per heavy atom. The number of aryl methyl sites for hydroxylation is 1. The molecule has 1 saturated heterocycles. The van der Waals surface area contributed by atoms with Crippen molar-refractivity contribution < 1.29 is 17.3 Å². The molecule has 0 amide bonds. The summed E-state index contributed by atoms with van der Waals surface area (Å²) in [4.78, 5) is 5.82. The van der Waals surface area contributed by atoms with Crippen molar-refractivity contribution in [2.75, 3.05) is 13.1 Å². The van der Waals surface area contributed by atoms with E-state index in [-0.39, 0.29) is 22.4 Å². The summed E-state index contributed by atoms with van der Waals surface area (Å²) in [6.45, 7) is 2.87. The fraction of sp³-hybridized carbons (Fsp3) is 0.294. The SMILES string of the molecule is Cc1sc(-c2nc(-c3cccc(F)c3)no2)cc1S(=O)(=O)N1CCCC1. The number of hydrogen-bond donors (Lipinski definition) is 0. The molecule has 1 aliphatic heterocycles. The largest absolute Gasteiger partial charge is 0.333 e. The van der Waals surface area contributed by atoms with Gasteiger partial charge in [0.15, 0.2) is 0 Å². The third-order valence-corrected chi connectivity index (χ3v) is 7.47. The molecule has 0 N–H and O–H groups in total. The number of thiophene rings is 1. The summed E-state index contributed by atoms with van der Waals surface area (Å²) >= 11 is 1.29. The van der Waals surface area contributed by atoms with Gasteiger partial charge in [0.25, 0.3) is 5.89 Å². The first-order valence-corrected chi connectivity index (χ1v) is 10.4. The van der Waals surface area contributed by atoms with E-state index in [1.807, 2.05) is 0 Å². The number of aromatic nitrogens is 2. The first-order valence-electron chi connectivity index (χ1n) is 8.16. The molecular formula is C17H16FN3O3S2. The molecular weight excluding hydrogens is 377 g/mol. The maximum atomic E-state index is 13.4. The van der Waals surface area contributed by atoms with E-state index in [2.05, 4.69) is 10.1 Å². The summed E-state index contributed by atoms with van der Waals surface area (Å²) in [5.74, 6) is 0.0922. The first kappa shape index (κ1) is 17.3. The fourth-order valence-electron chi connectivity index (χ4n) is 2.96. The van der Waals surface area contributed by atoms with Crippen molar-refractivity contribution in [1.29, 1.82) is 0 Å². The van der Waals surface area contributed by atoms with Crippen LogP contribution in [-0.4, -0.2) is 36.0 Å². The predicted molar refractivity (Wildman–Crippen MR) is 95.7 cm³/mol. The van der Waals surface area contributed by atoms with Crippen LogP contribution in [-0.2, 0) is 10.0 Å². The van der Waals surface area contributed by atoms with Crippen molar-refractivity contribution in [3.8, 4) is 22.2 Å². The van der Waals surface area contributed by atoms with Gasteiger partial charge in [0, 0.05) is 23.5 Å².